The molecule has 1 fully saturated rings. The van der Waals surface area contributed by atoms with Gasteiger partial charge in [0.1, 0.15) is 17.5 Å². The Morgan fingerprint density at radius 3 is 2.96 bits per heavy atom. The first-order valence-electron chi connectivity index (χ1n) is 9.55. The third kappa shape index (κ3) is 3.25. The summed E-state index contributed by atoms with van der Waals surface area (Å²) in [6, 6.07) is 8.04. The minimum atomic E-state index is 0.0281. The first-order valence-corrected chi connectivity index (χ1v) is 9.55. The Balaban J connectivity index is 1.46. The highest BCUT2D eigenvalue weighted by Gasteiger charge is 2.25. The Kier molecular flexibility index (Phi) is 4.66. The molecule has 1 N–H and O–H groups in total. The quantitative estimate of drug-likeness (QED) is 0.822. The first kappa shape index (κ1) is 16.5. The maximum absolute atomic E-state index is 12.7. The van der Waals surface area contributed by atoms with E-state index in [1.165, 1.54) is 25.9 Å². The third-order valence-corrected chi connectivity index (χ3v) is 5.39. The van der Waals surface area contributed by atoms with Crippen LogP contribution in [0.2, 0.25) is 0 Å². The predicted octanol–water partition coefficient (Wildman–Crippen LogP) is 3.03. The molecule has 5 nitrogen and oxygen atoms in total. The summed E-state index contributed by atoms with van der Waals surface area (Å²) < 4.78 is 8.18. The van der Waals surface area contributed by atoms with Crippen molar-refractivity contribution >= 4 is 16.8 Å². The van der Waals surface area contributed by atoms with Gasteiger partial charge in [-0.3, -0.25) is 4.79 Å². The molecule has 0 spiro atoms. The van der Waals surface area contributed by atoms with Gasteiger partial charge in [0, 0.05) is 11.9 Å². The van der Waals surface area contributed by atoms with E-state index >= 15 is 0 Å². The van der Waals surface area contributed by atoms with Crippen LogP contribution in [0.5, 0.6) is 5.75 Å². The molecule has 1 atom stereocenters. The molecule has 0 saturated carbocycles. The minimum absolute atomic E-state index is 0.0281. The number of para-hydroxylation sites is 1. The smallest absolute Gasteiger partial charge is 0.267 e. The topological polar surface area (TPSA) is 46.5 Å². The molecular weight excluding hydrogens is 314 g/mol. The Hall–Kier alpha value is -2.01. The number of hydrogen-bond donors (Lipinski definition) is 1. The zero-order valence-corrected chi connectivity index (χ0v) is 15.0. The van der Waals surface area contributed by atoms with Gasteiger partial charge in [-0.1, -0.05) is 19.1 Å². The highest BCUT2D eigenvalue weighted by molar-refractivity contribution is 6.00. The van der Waals surface area contributed by atoms with Crippen LogP contribution in [0.1, 0.15) is 43.1 Å². The van der Waals surface area contributed by atoms with Crippen molar-refractivity contribution in [2.24, 2.45) is 0 Å². The summed E-state index contributed by atoms with van der Waals surface area (Å²) >= 11 is 0. The van der Waals surface area contributed by atoms with Gasteiger partial charge in [0.15, 0.2) is 0 Å². The van der Waals surface area contributed by atoms with Crippen molar-refractivity contribution in [1.82, 2.24) is 14.8 Å². The van der Waals surface area contributed by atoms with Gasteiger partial charge in [0.05, 0.1) is 12.1 Å². The molecule has 0 bridgehead atoms. The number of aromatic nitrogens is 1. The Labute approximate surface area is 148 Å². The molecule has 4 rings (SSSR count). The second-order valence-corrected chi connectivity index (χ2v) is 7.14. The van der Waals surface area contributed by atoms with Crippen molar-refractivity contribution < 1.29 is 9.53 Å². The van der Waals surface area contributed by atoms with Crippen LogP contribution in [0.3, 0.4) is 0 Å². The molecule has 25 heavy (non-hydrogen) atoms. The first-order chi connectivity index (χ1) is 12.3. The number of nitrogens with zero attached hydrogens (tertiary/aromatic N) is 2. The molecule has 1 unspecified atom stereocenters. The molecule has 2 aromatic rings. The van der Waals surface area contributed by atoms with E-state index in [1.54, 1.807) is 0 Å². The number of likely N-dealkylation sites (tertiary alicyclic amines) is 1. The lowest BCUT2D eigenvalue weighted by Crippen LogP contribution is -2.32. The second kappa shape index (κ2) is 7.08. The summed E-state index contributed by atoms with van der Waals surface area (Å²) in [4.78, 5) is 15.2. The number of amides is 1. The van der Waals surface area contributed by atoms with Crippen LogP contribution < -0.4 is 10.1 Å². The van der Waals surface area contributed by atoms with Crippen LogP contribution in [0.15, 0.2) is 24.3 Å². The van der Waals surface area contributed by atoms with E-state index in [4.69, 9.17) is 4.74 Å². The van der Waals surface area contributed by atoms with E-state index in [0.29, 0.717) is 0 Å². The van der Waals surface area contributed by atoms with Gasteiger partial charge in [0.2, 0.25) is 0 Å². The van der Waals surface area contributed by atoms with E-state index in [0.717, 1.165) is 54.8 Å². The summed E-state index contributed by atoms with van der Waals surface area (Å²) in [6.45, 7) is 7.11. The van der Waals surface area contributed by atoms with Crippen molar-refractivity contribution in [3.63, 3.8) is 0 Å². The highest BCUT2D eigenvalue weighted by atomic mass is 16.5. The fraction of sp³-hybridized carbons (Fsp3) is 0.550. The van der Waals surface area contributed by atoms with Crippen LogP contribution in [-0.4, -0.2) is 47.7 Å². The lowest BCUT2D eigenvalue weighted by atomic mass is 10.2. The summed E-state index contributed by atoms with van der Waals surface area (Å²) in [6.07, 6.45) is 4.71. The van der Waals surface area contributed by atoms with E-state index in [-0.39, 0.29) is 12.0 Å². The van der Waals surface area contributed by atoms with Crippen LogP contribution >= 0.6 is 0 Å². The van der Waals surface area contributed by atoms with Crippen LogP contribution in [0, 0.1) is 0 Å². The van der Waals surface area contributed by atoms with Gasteiger partial charge in [-0.2, -0.15) is 0 Å². The summed E-state index contributed by atoms with van der Waals surface area (Å²) in [5.74, 6) is 0.920. The van der Waals surface area contributed by atoms with Gasteiger partial charge in [-0.05, 0) is 57.5 Å². The number of carbonyl (C=O) groups excluding carboxylic acids is 1. The van der Waals surface area contributed by atoms with Crippen LogP contribution in [-0.2, 0) is 6.54 Å². The molecule has 1 amide bonds. The van der Waals surface area contributed by atoms with Gasteiger partial charge in [-0.15, -0.1) is 0 Å². The van der Waals surface area contributed by atoms with E-state index < -0.39 is 0 Å². The van der Waals surface area contributed by atoms with E-state index in [1.807, 2.05) is 18.2 Å². The minimum Gasteiger partial charge on any atom is -0.486 e. The Bertz CT molecular complexity index is 762. The largest absolute Gasteiger partial charge is 0.486 e. The van der Waals surface area contributed by atoms with Crippen molar-refractivity contribution in [3.8, 4) is 5.75 Å². The third-order valence-electron chi connectivity index (χ3n) is 5.39. The lowest BCUT2D eigenvalue weighted by Gasteiger charge is -2.26. The highest BCUT2D eigenvalue weighted by Crippen LogP contribution is 2.34. The Morgan fingerprint density at radius 1 is 1.32 bits per heavy atom. The van der Waals surface area contributed by atoms with Crippen LogP contribution in [0.4, 0.5) is 0 Å². The second-order valence-electron chi connectivity index (χ2n) is 7.14. The average molecular weight is 341 g/mol. The molecule has 134 valence electrons. The van der Waals surface area contributed by atoms with E-state index in [9.17, 15) is 4.79 Å². The molecule has 3 heterocycles. The molecule has 5 heteroatoms. The maximum Gasteiger partial charge on any atom is 0.267 e. The number of nitrogens with one attached hydrogen (secondary N) is 1. The number of hydrogen-bond acceptors (Lipinski definition) is 3. The van der Waals surface area contributed by atoms with Gasteiger partial charge in [-0.25, -0.2) is 0 Å². The van der Waals surface area contributed by atoms with Gasteiger partial charge < -0.3 is 19.5 Å². The molecule has 0 radical (unpaired) electrons. The normalized spacial score (nSPS) is 20.0. The van der Waals surface area contributed by atoms with Crippen molar-refractivity contribution in [2.75, 3.05) is 26.2 Å². The van der Waals surface area contributed by atoms with E-state index in [2.05, 4.69) is 27.8 Å². The van der Waals surface area contributed by atoms with Crippen molar-refractivity contribution in [2.45, 2.75) is 45.3 Å². The monoisotopic (exact) mass is 341 g/mol. The molecule has 1 saturated heterocycles. The average Bonchev–Trinajstić information content (AvgIpc) is 3.27. The number of ether oxygens (including phenoxy) is 1. The van der Waals surface area contributed by atoms with Crippen LogP contribution in [0.25, 0.3) is 10.9 Å². The number of rotatable bonds is 6. The maximum atomic E-state index is 12.7. The summed E-state index contributed by atoms with van der Waals surface area (Å²) in [5.41, 5.74) is 1.81. The molecule has 1 aromatic carbocycles. The number of benzene rings is 1. The fourth-order valence-corrected chi connectivity index (χ4v) is 4.00. The summed E-state index contributed by atoms with van der Waals surface area (Å²) in [7, 11) is 0. The predicted molar refractivity (Wildman–Crippen MR) is 99.3 cm³/mol. The molecule has 1 aromatic heterocycles. The fourth-order valence-electron chi connectivity index (χ4n) is 4.00. The SMILES string of the molecule is CCC1Cn2c(C(=O)NCCCN3CCCC3)cc3cccc(c32)O1. The zero-order chi connectivity index (χ0) is 17.2. The van der Waals surface area contributed by atoms with Gasteiger partial charge >= 0.3 is 0 Å². The Morgan fingerprint density at radius 2 is 2.16 bits per heavy atom. The number of carbonyl (C=O) groups is 1. The molecule has 2 aliphatic rings. The standard InChI is InChI=1S/C20H27N3O2/c1-2-16-14-23-17(13-15-7-5-8-18(25-16)19(15)23)20(24)21-9-6-12-22-10-3-4-11-22/h5,7-8,13,16H,2-4,6,9-12,14H2,1H3,(H,21,24). The molecule has 0 aliphatic carbocycles. The molecule has 2 aliphatic heterocycles. The van der Waals surface area contributed by atoms with Gasteiger partial charge in [0.25, 0.3) is 5.91 Å². The molecular formula is C20H27N3O2. The van der Waals surface area contributed by atoms with Crippen molar-refractivity contribution in [1.29, 1.82) is 0 Å². The summed E-state index contributed by atoms with van der Waals surface area (Å²) in [5, 5.41) is 4.19. The zero-order valence-electron chi connectivity index (χ0n) is 15.0. The lowest BCUT2D eigenvalue weighted by molar-refractivity contribution is 0.0936. The van der Waals surface area contributed by atoms with Crippen molar-refractivity contribution in [3.05, 3.63) is 30.0 Å².